The molecule has 1 aromatic carbocycles. The fourth-order valence-corrected chi connectivity index (χ4v) is 1.61. The van der Waals surface area contributed by atoms with E-state index >= 15 is 0 Å². The first-order chi connectivity index (χ1) is 8.65. The first-order valence-corrected chi connectivity index (χ1v) is 5.37. The molecule has 4 nitrogen and oxygen atoms in total. The van der Waals surface area contributed by atoms with Crippen molar-refractivity contribution in [3.05, 3.63) is 35.8 Å². The molecule has 0 aliphatic carbocycles. The Morgan fingerprint density at radius 2 is 1.94 bits per heavy atom. The molecule has 0 N–H and O–H groups in total. The van der Waals surface area contributed by atoms with Gasteiger partial charge in [-0.25, -0.2) is 9.37 Å². The zero-order valence-electron chi connectivity index (χ0n) is 10.4. The first kappa shape index (κ1) is 12.3. The molecule has 0 atom stereocenters. The first-order valence-electron chi connectivity index (χ1n) is 5.37. The summed E-state index contributed by atoms with van der Waals surface area (Å²) in [6.45, 7) is 1.87. The summed E-state index contributed by atoms with van der Waals surface area (Å²) in [5.41, 5.74) is 1.53. The van der Waals surface area contributed by atoms with Gasteiger partial charge in [-0.05, 0) is 24.6 Å². The van der Waals surface area contributed by atoms with Crippen LogP contribution < -0.4 is 9.47 Å². The predicted molar refractivity (Wildman–Crippen MR) is 65.3 cm³/mol. The van der Waals surface area contributed by atoms with Crippen molar-refractivity contribution in [3.63, 3.8) is 0 Å². The molecule has 0 spiro atoms. The lowest BCUT2D eigenvalue weighted by Gasteiger charge is -2.09. The highest BCUT2D eigenvalue weighted by Crippen LogP contribution is 2.28. The molecule has 94 valence electrons. The van der Waals surface area contributed by atoms with Gasteiger partial charge in [0.05, 0.1) is 20.4 Å². The van der Waals surface area contributed by atoms with Gasteiger partial charge >= 0.3 is 0 Å². The minimum atomic E-state index is -0.325. The van der Waals surface area contributed by atoms with Crippen molar-refractivity contribution in [3.8, 4) is 23.0 Å². The largest absolute Gasteiger partial charge is 0.490 e. The van der Waals surface area contributed by atoms with Crippen LogP contribution in [0.25, 0.3) is 11.4 Å². The number of benzene rings is 1. The Bertz CT molecular complexity index is 573. The number of nitrogens with zero attached hydrogens (tertiary/aromatic N) is 2. The Morgan fingerprint density at radius 3 is 2.61 bits per heavy atom. The number of methoxy groups -OCH3 is 2. The molecule has 5 heteroatoms. The van der Waals surface area contributed by atoms with E-state index in [0.717, 1.165) is 5.56 Å². The number of ether oxygens (including phenoxy) is 2. The zero-order valence-corrected chi connectivity index (χ0v) is 10.4. The van der Waals surface area contributed by atoms with Crippen molar-refractivity contribution >= 4 is 0 Å². The SMILES string of the molecule is COc1cnc(-c2cc(F)ccc2C)nc1OC. The molecular formula is C13H13FN2O2. The maximum Gasteiger partial charge on any atom is 0.260 e. The smallest absolute Gasteiger partial charge is 0.260 e. The van der Waals surface area contributed by atoms with E-state index in [2.05, 4.69) is 9.97 Å². The van der Waals surface area contributed by atoms with Crippen LogP contribution in [0, 0.1) is 12.7 Å². The minimum absolute atomic E-state index is 0.325. The van der Waals surface area contributed by atoms with Crippen molar-refractivity contribution in [2.45, 2.75) is 6.92 Å². The Morgan fingerprint density at radius 1 is 1.17 bits per heavy atom. The Balaban J connectivity index is 2.54. The van der Waals surface area contributed by atoms with Crippen LogP contribution in [0.2, 0.25) is 0 Å². The Kier molecular flexibility index (Phi) is 3.41. The second-order valence-electron chi connectivity index (χ2n) is 3.73. The normalized spacial score (nSPS) is 10.2. The minimum Gasteiger partial charge on any atom is -0.490 e. The summed E-state index contributed by atoms with van der Waals surface area (Å²) in [4.78, 5) is 8.36. The summed E-state index contributed by atoms with van der Waals surface area (Å²) >= 11 is 0. The van der Waals surface area contributed by atoms with Gasteiger partial charge in [-0.1, -0.05) is 6.07 Å². The quantitative estimate of drug-likeness (QED) is 0.837. The molecule has 0 amide bonds. The van der Waals surface area contributed by atoms with Gasteiger partial charge in [0.2, 0.25) is 0 Å². The molecule has 0 aliphatic rings. The summed E-state index contributed by atoms with van der Waals surface area (Å²) in [7, 11) is 3.00. The molecule has 18 heavy (non-hydrogen) atoms. The zero-order chi connectivity index (χ0) is 13.1. The molecule has 0 saturated heterocycles. The van der Waals surface area contributed by atoms with Crippen LogP contribution >= 0.6 is 0 Å². The third kappa shape index (κ3) is 2.25. The predicted octanol–water partition coefficient (Wildman–Crippen LogP) is 2.61. The molecule has 0 aliphatic heterocycles. The van der Waals surface area contributed by atoms with E-state index in [0.29, 0.717) is 23.0 Å². The van der Waals surface area contributed by atoms with Crippen molar-refractivity contribution in [1.82, 2.24) is 9.97 Å². The third-order valence-corrected chi connectivity index (χ3v) is 2.58. The van der Waals surface area contributed by atoms with Gasteiger partial charge in [0.1, 0.15) is 5.82 Å². The number of hydrogen-bond donors (Lipinski definition) is 0. The lowest BCUT2D eigenvalue weighted by atomic mass is 10.1. The molecule has 1 heterocycles. The molecule has 1 aromatic heterocycles. The summed E-state index contributed by atoms with van der Waals surface area (Å²) in [6, 6.07) is 4.49. The van der Waals surface area contributed by atoms with Gasteiger partial charge < -0.3 is 9.47 Å². The topological polar surface area (TPSA) is 44.2 Å². The van der Waals surface area contributed by atoms with Gasteiger partial charge in [0, 0.05) is 5.56 Å². The van der Waals surface area contributed by atoms with Crippen LogP contribution in [-0.4, -0.2) is 24.2 Å². The maximum absolute atomic E-state index is 13.2. The molecule has 0 fully saturated rings. The fourth-order valence-electron chi connectivity index (χ4n) is 1.61. The van der Waals surface area contributed by atoms with Crippen molar-refractivity contribution in [2.24, 2.45) is 0 Å². The van der Waals surface area contributed by atoms with Crippen molar-refractivity contribution in [1.29, 1.82) is 0 Å². The van der Waals surface area contributed by atoms with Crippen molar-refractivity contribution < 1.29 is 13.9 Å². The lowest BCUT2D eigenvalue weighted by molar-refractivity contribution is 0.341. The number of aryl methyl sites for hydroxylation is 1. The average molecular weight is 248 g/mol. The highest BCUT2D eigenvalue weighted by Gasteiger charge is 2.11. The highest BCUT2D eigenvalue weighted by atomic mass is 19.1. The van der Waals surface area contributed by atoms with E-state index in [1.165, 1.54) is 32.5 Å². The molecule has 2 rings (SSSR count). The van der Waals surface area contributed by atoms with E-state index < -0.39 is 0 Å². The highest BCUT2D eigenvalue weighted by molar-refractivity contribution is 5.60. The molecule has 0 saturated carbocycles. The molecule has 0 unspecified atom stereocenters. The van der Waals surface area contributed by atoms with E-state index in [1.54, 1.807) is 6.07 Å². The fraction of sp³-hybridized carbons (Fsp3) is 0.231. The number of hydrogen-bond acceptors (Lipinski definition) is 4. The van der Waals surface area contributed by atoms with E-state index in [1.807, 2.05) is 6.92 Å². The van der Waals surface area contributed by atoms with Gasteiger partial charge in [-0.15, -0.1) is 0 Å². The summed E-state index contributed by atoms with van der Waals surface area (Å²) < 4.78 is 23.4. The molecule has 0 radical (unpaired) electrons. The second-order valence-corrected chi connectivity index (χ2v) is 3.73. The number of aromatic nitrogens is 2. The van der Waals surface area contributed by atoms with E-state index in [-0.39, 0.29) is 5.82 Å². The third-order valence-electron chi connectivity index (χ3n) is 2.58. The lowest BCUT2D eigenvalue weighted by Crippen LogP contribution is -1.98. The molecular weight excluding hydrogens is 235 g/mol. The Labute approximate surface area is 104 Å². The van der Waals surface area contributed by atoms with Gasteiger partial charge in [0.15, 0.2) is 11.6 Å². The number of rotatable bonds is 3. The van der Waals surface area contributed by atoms with Crippen LogP contribution in [0.5, 0.6) is 11.6 Å². The van der Waals surface area contributed by atoms with Crippen LogP contribution in [0.15, 0.2) is 24.4 Å². The summed E-state index contributed by atoms with van der Waals surface area (Å²) in [6.07, 6.45) is 1.51. The van der Waals surface area contributed by atoms with Gasteiger partial charge in [-0.2, -0.15) is 4.98 Å². The number of halogens is 1. The van der Waals surface area contributed by atoms with Gasteiger partial charge in [-0.3, -0.25) is 0 Å². The van der Waals surface area contributed by atoms with Crippen LogP contribution in [-0.2, 0) is 0 Å². The molecule has 0 bridgehead atoms. The van der Waals surface area contributed by atoms with Crippen LogP contribution in [0.3, 0.4) is 0 Å². The van der Waals surface area contributed by atoms with E-state index in [4.69, 9.17) is 9.47 Å². The van der Waals surface area contributed by atoms with E-state index in [9.17, 15) is 4.39 Å². The second kappa shape index (κ2) is 5.00. The summed E-state index contributed by atoms with van der Waals surface area (Å²) in [5, 5.41) is 0. The summed E-state index contributed by atoms with van der Waals surface area (Å²) in [5.74, 6) is 0.847. The van der Waals surface area contributed by atoms with Crippen LogP contribution in [0.4, 0.5) is 4.39 Å². The van der Waals surface area contributed by atoms with Crippen LogP contribution in [0.1, 0.15) is 5.56 Å². The monoisotopic (exact) mass is 248 g/mol. The standard InChI is InChI=1S/C13H13FN2O2/c1-8-4-5-9(14)6-10(8)12-15-7-11(17-2)13(16-12)18-3/h4-7H,1-3H3. The maximum atomic E-state index is 13.2. The molecule has 2 aromatic rings. The van der Waals surface area contributed by atoms with Crippen molar-refractivity contribution in [2.75, 3.05) is 14.2 Å². The Hall–Kier alpha value is -2.17. The van der Waals surface area contributed by atoms with Gasteiger partial charge in [0.25, 0.3) is 5.88 Å². The average Bonchev–Trinajstić information content (AvgIpc) is 2.40.